The summed E-state index contributed by atoms with van der Waals surface area (Å²) in [6.07, 6.45) is 0. The number of para-hydroxylation sites is 1. The maximum Gasteiger partial charge on any atom is 0.138 e. The quantitative estimate of drug-likeness (QED) is 0.869. The Morgan fingerprint density at radius 3 is 2.75 bits per heavy atom. The summed E-state index contributed by atoms with van der Waals surface area (Å²) in [6, 6.07) is 12.6. The third-order valence-corrected chi connectivity index (χ3v) is 2.84. The molecule has 2 rings (SSSR count). The van der Waals surface area contributed by atoms with E-state index < -0.39 is 0 Å². The zero-order valence-electron chi connectivity index (χ0n) is 11.3. The van der Waals surface area contributed by atoms with Crippen molar-refractivity contribution in [2.75, 3.05) is 6.54 Å². The average molecular weight is 269 g/mol. The Kier molecular flexibility index (Phi) is 4.75. The third kappa shape index (κ3) is 3.59. The van der Waals surface area contributed by atoms with Gasteiger partial charge in [0.05, 0.1) is 12.1 Å². The van der Waals surface area contributed by atoms with Crippen molar-refractivity contribution in [2.24, 2.45) is 5.73 Å². The molecule has 0 radical (unpaired) electrons. The van der Waals surface area contributed by atoms with Gasteiger partial charge in [-0.05, 0) is 36.2 Å². The van der Waals surface area contributed by atoms with E-state index in [0.717, 1.165) is 16.9 Å². The van der Waals surface area contributed by atoms with Crippen molar-refractivity contribution in [3.63, 3.8) is 0 Å². The molecule has 102 valence electrons. The van der Waals surface area contributed by atoms with Gasteiger partial charge >= 0.3 is 0 Å². The van der Waals surface area contributed by atoms with Crippen LogP contribution in [-0.4, -0.2) is 6.54 Å². The largest absolute Gasteiger partial charge is 0.489 e. The van der Waals surface area contributed by atoms with E-state index in [0.29, 0.717) is 12.2 Å². The number of ether oxygens (including phenoxy) is 1. The number of rotatable bonds is 3. The highest BCUT2D eigenvalue weighted by Gasteiger charge is 2.03. The fourth-order valence-electron chi connectivity index (χ4n) is 1.78. The van der Waals surface area contributed by atoms with Crippen LogP contribution in [0.3, 0.4) is 0 Å². The van der Waals surface area contributed by atoms with Crippen molar-refractivity contribution in [2.45, 2.75) is 13.5 Å². The van der Waals surface area contributed by atoms with Gasteiger partial charge < -0.3 is 10.5 Å². The van der Waals surface area contributed by atoms with E-state index in [9.17, 15) is 4.39 Å². The van der Waals surface area contributed by atoms with Crippen LogP contribution in [0, 0.1) is 24.6 Å². The molecule has 0 atom stereocenters. The van der Waals surface area contributed by atoms with Crippen LogP contribution in [-0.2, 0) is 6.61 Å². The standard InChI is InChI=1S/C17H16FNO/c1-13-5-2-3-7-17(13)20-12-14-8-9-16(18)15(11-14)6-4-10-19/h2-3,5,7-9,11H,10,12,19H2,1H3. The lowest BCUT2D eigenvalue weighted by molar-refractivity contribution is 0.304. The minimum atomic E-state index is -0.342. The maximum absolute atomic E-state index is 13.5. The number of nitrogens with two attached hydrogens (primary N) is 1. The molecule has 0 unspecified atom stereocenters. The van der Waals surface area contributed by atoms with Gasteiger partial charge in [-0.2, -0.15) is 0 Å². The first kappa shape index (κ1) is 14.1. The normalized spacial score (nSPS) is 9.75. The van der Waals surface area contributed by atoms with Crippen LogP contribution in [0.25, 0.3) is 0 Å². The predicted octanol–water partition coefficient (Wildman–Crippen LogP) is 3.02. The highest BCUT2D eigenvalue weighted by molar-refractivity contribution is 5.39. The highest BCUT2D eigenvalue weighted by Crippen LogP contribution is 2.18. The van der Waals surface area contributed by atoms with Gasteiger partial charge in [-0.1, -0.05) is 36.1 Å². The zero-order chi connectivity index (χ0) is 14.4. The van der Waals surface area contributed by atoms with Gasteiger partial charge in [0.25, 0.3) is 0 Å². The van der Waals surface area contributed by atoms with E-state index in [2.05, 4.69) is 11.8 Å². The second kappa shape index (κ2) is 6.74. The topological polar surface area (TPSA) is 35.2 Å². The molecule has 2 aromatic carbocycles. The Bertz CT molecular complexity index is 656. The molecule has 2 aromatic rings. The smallest absolute Gasteiger partial charge is 0.138 e. The van der Waals surface area contributed by atoms with Crippen LogP contribution in [0.2, 0.25) is 0 Å². The van der Waals surface area contributed by atoms with E-state index in [4.69, 9.17) is 10.5 Å². The molecule has 0 heterocycles. The first-order chi connectivity index (χ1) is 9.70. The summed E-state index contributed by atoms with van der Waals surface area (Å²) in [7, 11) is 0. The van der Waals surface area contributed by atoms with Crippen LogP contribution in [0.4, 0.5) is 4.39 Å². The summed E-state index contributed by atoms with van der Waals surface area (Å²) in [5.74, 6) is 5.85. The first-order valence-electron chi connectivity index (χ1n) is 6.36. The van der Waals surface area contributed by atoms with E-state index in [-0.39, 0.29) is 12.4 Å². The Morgan fingerprint density at radius 1 is 1.20 bits per heavy atom. The molecule has 0 aliphatic carbocycles. The minimum absolute atomic E-state index is 0.212. The number of hydrogen-bond donors (Lipinski definition) is 1. The van der Waals surface area contributed by atoms with Crippen LogP contribution in [0.5, 0.6) is 5.75 Å². The molecule has 0 aliphatic rings. The second-order valence-electron chi connectivity index (χ2n) is 4.37. The monoisotopic (exact) mass is 269 g/mol. The number of benzene rings is 2. The van der Waals surface area contributed by atoms with E-state index >= 15 is 0 Å². The Balaban J connectivity index is 2.12. The van der Waals surface area contributed by atoms with Gasteiger partial charge in [0, 0.05) is 0 Å². The van der Waals surface area contributed by atoms with Crippen molar-refractivity contribution in [3.8, 4) is 17.6 Å². The van der Waals surface area contributed by atoms with Crippen LogP contribution < -0.4 is 10.5 Å². The van der Waals surface area contributed by atoms with E-state index in [1.54, 1.807) is 12.1 Å². The molecule has 0 fully saturated rings. The molecular formula is C17H16FNO. The fraction of sp³-hybridized carbons (Fsp3) is 0.176. The highest BCUT2D eigenvalue weighted by atomic mass is 19.1. The lowest BCUT2D eigenvalue weighted by Gasteiger charge is -2.09. The molecule has 2 nitrogen and oxygen atoms in total. The molecule has 0 bridgehead atoms. The fourth-order valence-corrected chi connectivity index (χ4v) is 1.78. The molecule has 0 aromatic heterocycles. The Morgan fingerprint density at radius 2 is 2.00 bits per heavy atom. The number of aryl methyl sites for hydroxylation is 1. The zero-order valence-corrected chi connectivity index (χ0v) is 11.3. The molecular weight excluding hydrogens is 253 g/mol. The van der Waals surface area contributed by atoms with E-state index in [1.807, 2.05) is 31.2 Å². The lowest BCUT2D eigenvalue weighted by Crippen LogP contribution is -1.99. The van der Waals surface area contributed by atoms with Crippen molar-refractivity contribution in [3.05, 3.63) is 65.0 Å². The van der Waals surface area contributed by atoms with Crippen LogP contribution >= 0.6 is 0 Å². The molecule has 0 spiro atoms. The lowest BCUT2D eigenvalue weighted by atomic mass is 10.1. The van der Waals surface area contributed by atoms with Crippen molar-refractivity contribution < 1.29 is 9.13 Å². The molecule has 3 heteroatoms. The molecule has 20 heavy (non-hydrogen) atoms. The van der Waals surface area contributed by atoms with Gasteiger partial charge in [0.2, 0.25) is 0 Å². The van der Waals surface area contributed by atoms with Gasteiger partial charge in [0.1, 0.15) is 18.2 Å². The molecule has 0 saturated heterocycles. The van der Waals surface area contributed by atoms with Crippen LogP contribution in [0.15, 0.2) is 42.5 Å². The summed E-state index contributed by atoms with van der Waals surface area (Å²) in [4.78, 5) is 0. The first-order valence-corrected chi connectivity index (χ1v) is 6.36. The predicted molar refractivity (Wildman–Crippen MR) is 77.8 cm³/mol. The molecule has 2 N–H and O–H groups in total. The van der Waals surface area contributed by atoms with Gasteiger partial charge in [-0.3, -0.25) is 0 Å². The molecule has 0 amide bonds. The van der Waals surface area contributed by atoms with Crippen molar-refractivity contribution in [1.29, 1.82) is 0 Å². The van der Waals surface area contributed by atoms with Crippen LogP contribution in [0.1, 0.15) is 16.7 Å². The Hall–Kier alpha value is -2.31. The van der Waals surface area contributed by atoms with Crippen molar-refractivity contribution >= 4 is 0 Å². The average Bonchev–Trinajstić information content (AvgIpc) is 2.46. The summed E-state index contributed by atoms with van der Waals surface area (Å²) >= 11 is 0. The summed E-state index contributed by atoms with van der Waals surface area (Å²) in [6.45, 7) is 2.57. The number of halogens is 1. The summed E-state index contributed by atoms with van der Waals surface area (Å²) in [5.41, 5.74) is 7.58. The molecule has 0 aliphatic heterocycles. The van der Waals surface area contributed by atoms with Crippen molar-refractivity contribution in [1.82, 2.24) is 0 Å². The Labute approximate surface area is 118 Å². The van der Waals surface area contributed by atoms with Gasteiger partial charge in [0.15, 0.2) is 0 Å². The van der Waals surface area contributed by atoms with E-state index in [1.165, 1.54) is 6.07 Å². The summed E-state index contributed by atoms with van der Waals surface area (Å²) < 4.78 is 19.3. The minimum Gasteiger partial charge on any atom is -0.489 e. The van der Waals surface area contributed by atoms with Gasteiger partial charge in [-0.15, -0.1) is 0 Å². The second-order valence-corrected chi connectivity index (χ2v) is 4.37. The van der Waals surface area contributed by atoms with Gasteiger partial charge in [-0.25, -0.2) is 4.39 Å². The SMILES string of the molecule is Cc1ccccc1OCc1ccc(F)c(C#CCN)c1. The maximum atomic E-state index is 13.5. The molecule has 0 saturated carbocycles. The number of hydrogen-bond acceptors (Lipinski definition) is 2. The summed E-state index contributed by atoms with van der Waals surface area (Å²) in [5, 5.41) is 0. The third-order valence-electron chi connectivity index (χ3n) is 2.84.